The van der Waals surface area contributed by atoms with Gasteiger partial charge in [-0.05, 0) is 110 Å². The second-order valence-corrected chi connectivity index (χ2v) is 15.8. The maximum atomic E-state index is 13.4. The Morgan fingerprint density at radius 2 is 1.73 bits per heavy atom. The number of aliphatic hydroxyl groups is 3. The summed E-state index contributed by atoms with van der Waals surface area (Å²) in [6, 6.07) is 8.93. The number of carbonyl (C=O) groups excluding carboxylic acids is 1. The lowest BCUT2D eigenvalue weighted by Gasteiger charge is -2.63. The third kappa shape index (κ3) is 5.74. The molecule has 4 fully saturated rings. The molecular weight excluding hydrogens is 542 g/mol. The molecule has 9 heteroatoms. The number of hydrogen-bond donors (Lipinski definition) is 4. The topological polar surface area (TPSA) is 135 Å². The normalized spacial score (nSPS) is 41.1. The summed E-state index contributed by atoms with van der Waals surface area (Å²) in [6.07, 6.45) is 5.46. The highest BCUT2D eigenvalue weighted by molar-refractivity contribution is 7.85. The molecule has 4 saturated carbocycles. The van der Waals surface area contributed by atoms with Gasteiger partial charge >= 0.3 is 0 Å². The van der Waals surface area contributed by atoms with Crippen molar-refractivity contribution in [2.45, 2.75) is 96.9 Å². The maximum absolute atomic E-state index is 13.4. The van der Waals surface area contributed by atoms with Crippen LogP contribution in [0.15, 0.2) is 30.3 Å². The molecule has 0 spiro atoms. The first-order valence-electron chi connectivity index (χ1n) is 15.6. The zero-order valence-electron chi connectivity index (χ0n) is 24.7. The summed E-state index contributed by atoms with van der Waals surface area (Å²) in [6.45, 7) is 6.59. The SMILES string of the molecule is CC(CCC(=O)N(CCS(=O)(=O)O)c1ccccc1)C1CCC2C3C(O)CC4CC(O)CCC4(C)C3CC(O)C12C. The van der Waals surface area contributed by atoms with E-state index in [1.165, 1.54) is 4.90 Å². The second-order valence-electron chi connectivity index (χ2n) is 14.2. The minimum absolute atomic E-state index is 0.0322. The van der Waals surface area contributed by atoms with Crippen LogP contribution in [0, 0.1) is 46.3 Å². The molecule has 0 heterocycles. The molecule has 230 valence electrons. The largest absolute Gasteiger partial charge is 0.393 e. The van der Waals surface area contributed by atoms with E-state index in [0.717, 1.165) is 38.5 Å². The molecule has 0 radical (unpaired) electrons. The van der Waals surface area contributed by atoms with Gasteiger partial charge in [0.1, 0.15) is 0 Å². The highest BCUT2D eigenvalue weighted by atomic mass is 32.2. The standard InChI is InChI=1S/C32H49NO7S/c1-20(9-12-29(37)33(15-16-41(38,39)40)22-7-5-4-6-8-22)24-10-11-25-30-26(19-28(36)32(24,25)3)31(2)14-13-23(34)17-21(31)18-27(30)35/h4-8,20-21,23-28,30,34-36H,9-19H2,1-3H3,(H,38,39,40). The maximum Gasteiger partial charge on any atom is 0.266 e. The van der Waals surface area contributed by atoms with Crippen molar-refractivity contribution in [1.29, 1.82) is 0 Å². The van der Waals surface area contributed by atoms with Crippen LogP contribution >= 0.6 is 0 Å². The number of amides is 1. The summed E-state index contributed by atoms with van der Waals surface area (Å²) < 4.78 is 32.2. The minimum atomic E-state index is -4.22. The van der Waals surface area contributed by atoms with Gasteiger partial charge in [0.15, 0.2) is 0 Å². The number of aliphatic hydroxyl groups excluding tert-OH is 3. The van der Waals surface area contributed by atoms with E-state index in [1.54, 1.807) is 24.3 Å². The van der Waals surface area contributed by atoms with Crippen LogP contribution in [0.2, 0.25) is 0 Å². The van der Waals surface area contributed by atoms with Crippen LogP contribution in [0.4, 0.5) is 5.69 Å². The fourth-order valence-corrected chi connectivity index (χ4v) is 10.4. The Labute approximate surface area is 245 Å². The fraction of sp³-hybridized carbons (Fsp3) is 0.781. The molecule has 1 aromatic carbocycles. The van der Waals surface area contributed by atoms with Gasteiger partial charge in [0.25, 0.3) is 10.1 Å². The van der Waals surface area contributed by atoms with Gasteiger partial charge in [-0.2, -0.15) is 8.42 Å². The molecule has 1 aromatic rings. The monoisotopic (exact) mass is 591 g/mol. The second kappa shape index (κ2) is 11.5. The van der Waals surface area contributed by atoms with E-state index in [1.807, 2.05) is 6.07 Å². The fourth-order valence-electron chi connectivity index (χ4n) is 10.0. The Balaban J connectivity index is 1.29. The van der Waals surface area contributed by atoms with E-state index in [0.29, 0.717) is 18.5 Å². The van der Waals surface area contributed by atoms with Crippen molar-refractivity contribution in [2.75, 3.05) is 17.2 Å². The number of anilines is 1. The van der Waals surface area contributed by atoms with Crippen LogP contribution < -0.4 is 4.90 Å². The predicted molar refractivity (Wildman–Crippen MR) is 158 cm³/mol. The number of carbonyl (C=O) groups is 1. The van der Waals surface area contributed by atoms with E-state index >= 15 is 0 Å². The first-order valence-corrected chi connectivity index (χ1v) is 17.2. The molecule has 0 saturated heterocycles. The van der Waals surface area contributed by atoms with Crippen LogP contribution in [0.1, 0.15) is 78.6 Å². The Bertz CT molecular complexity index is 1190. The van der Waals surface area contributed by atoms with Gasteiger partial charge in [-0.15, -0.1) is 0 Å². The molecule has 4 N–H and O–H groups in total. The molecule has 0 aromatic heterocycles. The Kier molecular flexibility index (Phi) is 8.69. The summed E-state index contributed by atoms with van der Waals surface area (Å²) in [7, 11) is -4.22. The van der Waals surface area contributed by atoms with Crippen LogP contribution in [-0.2, 0) is 14.9 Å². The first kappa shape index (κ1) is 30.9. The first-order chi connectivity index (χ1) is 19.3. The molecule has 0 aliphatic heterocycles. The van der Waals surface area contributed by atoms with Crippen molar-refractivity contribution in [3.63, 3.8) is 0 Å². The van der Waals surface area contributed by atoms with Crippen molar-refractivity contribution in [3.05, 3.63) is 30.3 Å². The lowest BCUT2D eigenvalue weighted by molar-refractivity contribution is -0.207. The minimum Gasteiger partial charge on any atom is -0.393 e. The van der Waals surface area contributed by atoms with Gasteiger partial charge in [-0.1, -0.05) is 39.0 Å². The molecule has 11 unspecified atom stereocenters. The van der Waals surface area contributed by atoms with Gasteiger partial charge in [-0.25, -0.2) is 0 Å². The molecule has 5 rings (SSSR count). The summed E-state index contributed by atoms with van der Waals surface area (Å²) >= 11 is 0. The number of benzene rings is 1. The number of para-hydroxylation sites is 1. The summed E-state index contributed by atoms with van der Waals surface area (Å²) in [5, 5.41) is 33.7. The van der Waals surface area contributed by atoms with Crippen molar-refractivity contribution < 1.29 is 33.1 Å². The molecule has 1 amide bonds. The predicted octanol–water partition coefficient (Wildman–Crippen LogP) is 4.29. The van der Waals surface area contributed by atoms with Crippen molar-refractivity contribution in [3.8, 4) is 0 Å². The van der Waals surface area contributed by atoms with Crippen LogP contribution in [0.3, 0.4) is 0 Å². The molecule has 0 bridgehead atoms. The van der Waals surface area contributed by atoms with Gasteiger partial charge < -0.3 is 20.2 Å². The quantitative estimate of drug-likeness (QED) is 0.331. The zero-order valence-corrected chi connectivity index (χ0v) is 25.5. The van der Waals surface area contributed by atoms with Crippen LogP contribution in [0.5, 0.6) is 0 Å². The number of fused-ring (bicyclic) bond motifs is 5. The van der Waals surface area contributed by atoms with Crippen molar-refractivity contribution >= 4 is 21.7 Å². The average Bonchev–Trinajstić information content (AvgIpc) is 3.27. The smallest absolute Gasteiger partial charge is 0.266 e. The van der Waals surface area contributed by atoms with E-state index in [9.17, 15) is 33.1 Å². The summed E-state index contributed by atoms with van der Waals surface area (Å²) in [5.74, 6) is 0.559. The van der Waals surface area contributed by atoms with Crippen molar-refractivity contribution in [2.24, 2.45) is 46.3 Å². The van der Waals surface area contributed by atoms with Crippen LogP contribution in [0.25, 0.3) is 0 Å². The Hall–Kier alpha value is -1.52. The zero-order chi connectivity index (χ0) is 29.7. The lowest BCUT2D eigenvalue weighted by Crippen LogP contribution is -2.62. The van der Waals surface area contributed by atoms with E-state index < -0.39 is 28.1 Å². The van der Waals surface area contributed by atoms with E-state index in [4.69, 9.17) is 0 Å². The van der Waals surface area contributed by atoms with Gasteiger partial charge in [0, 0.05) is 18.7 Å². The number of hydrogen-bond acceptors (Lipinski definition) is 6. The summed E-state index contributed by atoms with van der Waals surface area (Å²) in [5.41, 5.74) is 0.292. The van der Waals surface area contributed by atoms with E-state index in [-0.39, 0.29) is 71.3 Å². The Morgan fingerprint density at radius 3 is 2.41 bits per heavy atom. The van der Waals surface area contributed by atoms with Crippen LogP contribution in [-0.4, -0.2) is 64.8 Å². The highest BCUT2D eigenvalue weighted by Crippen LogP contribution is 2.68. The molecule has 41 heavy (non-hydrogen) atoms. The lowest BCUT2D eigenvalue weighted by atomic mass is 9.43. The number of rotatable bonds is 8. The molecule has 4 aliphatic carbocycles. The Morgan fingerprint density at radius 1 is 1.02 bits per heavy atom. The highest BCUT2D eigenvalue weighted by Gasteiger charge is 2.65. The van der Waals surface area contributed by atoms with Gasteiger partial charge in [-0.3, -0.25) is 9.35 Å². The van der Waals surface area contributed by atoms with Gasteiger partial charge in [0.2, 0.25) is 5.91 Å². The average molecular weight is 592 g/mol. The molecular formula is C32H49NO7S. The summed E-state index contributed by atoms with van der Waals surface area (Å²) in [4.78, 5) is 14.8. The third-order valence-corrected chi connectivity index (χ3v) is 13.0. The van der Waals surface area contributed by atoms with E-state index in [2.05, 4.69) is 20.8 Å². The third-order valence-electron chi connectivity index (χ3n) is 12.3. The molecule has 8 nitrogen and oxygen atoms in total. The van der Waals surface area contributed by atoms with Gasteiger partial charge in [0.05, 0.1) is 24.1 Å². The molecule has 11 atom stereocenters. The molecule has 4 aliphatic rings. The number of nitrogens with zero attached hydrogens (tertiary/aromatic N) is 1. The van der Waals surface area contributed by atoms with Crippen molar-refractivity contribution in [1.82, 2.24) is 0 Å².